The lowest BCUT2D eigenvalue weighted by Gasteiger charge is -2.28. The number of carbonyl (C=O) groups excluding carboxylic acids is 1. The Kier molecular flexibility index (Phi) is 3.90. The molecule has 0 spiro atoms. The normalized spacial score (nSPS) is 15.2. The summed E-state index contributed by atoms with van der Waals surface area (Å²) in [4.78, 5) is 22.5. The maximum absolute atomic E-state index is 11.5. The molecule has 0 atom stereocenters. The number of morpholine rings is 1. The fourth-order valence-corrected chi connectivity index (χ4v) is 2.50. The number of hydrogen-bond acceptors (Lipinski definition) is 6. The van der Waals surface area contributed by atoms with Crippen molar-refractivity contribution in [2.24, 2.45) is 0 Å². The molecule has 1 saturated heterocycles. The molecule has 2 aromatic rings. The summed E-state index contributed by atoms with van der Waals surface area (Å²) >= 11 is 6.23. The van der Waals surface area contributed by atoms with Gasteiger partial charge in [0.25, 0.3) is 0 Å². The lowest BCUT2D eigenvalue weighted by Crippen LogP contribution is -2.37. The Labute approximate surface area is 126 Å². The van der Waals surface area contributed by atoms with E-state index in [1.54, 1.807) is 18.2 Å². The number of rotatable bonds is 2. The van der Waals surface area contributed by atoms with Crippen LogP contribution < -0.4 is 4.90 Å². The first kappa shape index (κ1) is 14.0. The number of methoxy groups -OCH3 is 1. The van der Waals surface area contributed by atoms with Crippen LogP contribution in [0.15, 0.2) is 18.2 Å². The molecule has 0 unspecified atom stereocenters. The monoisotopic (exact) mass is 307 g/mol. The number of nitrogens with zero attached hydrogens (tertiary/aromatic N) is 3. The third-order valence-electron chi connectivity index (χ3n) is 3.34. The third kappa shape index (κ3) is 2.77. The van der Waals surface area contributed by atoms with Crippen molar-refractivity contribution >= 4 is 34.4 Å². The maximum Gasteiger partial charge on any atom is 0.337 e. The molecule has 0 radical (unpaired) electrons. The molecule has 6 nitrogen and oxygen atoms in total. The van der Waals surface area contributed by atoms with E-state index in [4.69, 9.17) is 21.1 Å². The zero-order chi connectivity index (χ0) is 14.8. The number of anilines is 1. The van der Waals surface area contributed by atoms with Gasteiger partial charge in [0, 0.05) is 13.1 Å². The van der Waals surface area contributed by atoms with Crippen LogP contribution in [0.3, 0.4) is 0 Å². The van der Waals surface area contributed by atoms with Gasteiger partial charge < -0.3 is 14.4 Å². The van der Waals surface area contributed by atoms with Crippen molar-refractivity contribution in [3.05, 3.63) is 28.9 Å². The molecule has 3 rings (SSSR count). The summed E-state index contributed by atoms with van der Waals surface area (Å²) in [5.41, 5.74) is 1.68. The Hall–Kier alpha value is -1.92. The van der Waals surface area contributed by atoms with E-state index in [0.717, 1.165) is 13.1 Å². The average Bonchev–Trinajstić information content (AvgIpc) is 2.53. The van der Waals surface area contributed by atoms with Crippen LogP contribution in [0, 0.1) is 0 Å². The van der Waals surface area contributed by atoms with Crippen LogP contribution in [0.2, 0.25) is 5.15 Å². The predicted octanol–water partition coefficient (Wildman–Crippen LogP) is 1.91. The highest BCUT2D eigenvalue weighted by Crippen LogP contribution is 2.26. The van der Waals surface area contributed by atoms with E-state index < -0.39 is 5.97 Å². The van der Waals surface area contributed by atoms with Gasteiger partial charge in [0.2, 0.25) is 0 Å². The Balaban J connectivity index is 2.01. The van der Waals surface area contributed by atoms with Gasteiger partial charge in [-0.25, -0.2) is 14.8 Å². The minimum atomic E-state index is -0.410. The van der Waals surface area contributed by atoms with Crippen LogP contribution >= 0.6 is 11.6 Å². The maximum atomic E-state index is 11.5. The summed E-state index contributed by atoms with van der Waals surface area (Å²) < 4.78 is 10.0. The van der Waals surface area contributed by atoms with Gasteiger partial charge in [-0.05, 0) is 18.2 Å². The van der Waals surface area contributed by atoms with Crippen LogP contribution in [0.5, 0.6) is 0 Å². The van der Waals surface area contributed by atoms with Gasteiger partial charge in [0.15, 0.2) is 11.0 Å². The second kappa shape index (κ2) is 5.83. The molecule has 1 fully saturated rings. The number of fused-ring (bicyclic) bond motifs is 1. The number of carbonyl (C=O) groups is 1. The molecule has 0 amide bonds. The minimum Gasteiger partial charge on any atom is -0.465 e. The number of halogens is 1. The largest absolute Gasteiger partial charge is 0.465 e. The molecule has 2 heterocycles. The number of hydrogen-bond donors (Lipinski definition) is 0. The second-order valence-electron chi connectivity index (χ2n) is 4.63. The highest BCUT2D eigenvalue weighted by molar-refractivity contribution is 6.32. The first-order valence-corrected chi connectivity index (χ1v) is 6.95. The van der Waals surface area contributed by atoms with Crippen molar-refractivity contribution in [3.8, 4) is 0 Å². The number of benzene rings is 1. The molecule has 21 heavy (non-hydrogen) atoms. The number of esters is 1. The summed E-state index contributed by atoms with van der Waals surface area (Å²) in [6.45, 7) is 2.77. The number of ether oxygens (including phenoxy) is 2. The van der Waals surface area contributed by atoms with Crippen molar-refractivity contribution in [2.75, 3.05) is 38.3 Å². The molecule has 0 N–H and O–H groups in total. The molecule has 1 aliphatic rings. The lowest BCUT2D eigenvalue weighted by atomic mass is 10.2. The molecular formula is C14H14ClN3O3. The van der Waals surface area contributed by atoms with Crippen molar-refractivity contribution in [1.82, 2.24) is 9.97 Å². The summed E-state index contributed by atoms with van der Waals surface area (Å²) in [5, 5.41) is 0.325. The van der Waals surface area contributed by atoms with Crippen LogP contribution in [0.25, 0.3) is 11.0 Å². The van der Waals surface area contributed by atoms with E-state index >= 15 is 0 Å². The highest BCUT2D eigenvalue weighted by Gasteiger charge is 2.18. The standard InChI is InChI=1S/C14H14ClN3O3/c1-20-14(19)9-2-3-10-11(8-9)16-12(15)13(17-10)18-4-6-21-7-5-18/h2-3,8H,4-7H2,1H3. The first-order valence-electron chi connectivity index (χ1n) is 6.57. The average molecular weight is 308 g/mol. The van der Waals surface area contributed by atoms with Crippen LogP contribution in [0.4, 0.5) is 5.82 Å². The summed E-state index contributed by atoms with van der Waals surface area (Å²) in [6.07, 6.45) is 0. The number of aromatic nitrogens is 2. The van der Waals surface area contributed by atoms with Crippen LogP contribution in [0.1, 0.15) is 10.4 Å². The van der Waals surface area contributed by atoms with Gasteiger partial charge in [-0.3, -0.25) is 0 Å². The second-order valence-corrected chi connectivity index (χ2v) is 4.99. The summed E-state index contributed by atoms with van der Waals surface area (Å²) in [6, 6.07) is 5.04. The van der Waals surface area contributed by atoms with Crippen LogP contribution in [-0.2, 0) is 9.47 Å². The quantitative estimate of drug-likeness (QED) is 0.790. The van der Waals surface area contributed by atoms with Crippen molar-refractivity contribution in [3.63, 3.8) is 0 Å². The Bertz CT molecular complexity index is 686. The molecular weight excluding hydrogens is 294 g/mol. The highest BCUT2D eigenvalue weighted by atomic mass is 35.5. The van der Waals surface area contributed by atoms with Crippen molar-refractivity contribution in [2.45, 2.75) is 0 Å². The smallest absolute Gasteiger partial charge is 0.337 e. The van der Waals surface area contributed by atoms with E-state index in [1.807, 2.05) is 4.90 Å². The first-order chi connectivity index (χ1) is 10.2. The van der Waals surface area contributed by atoms with E-state index in [-0.39, 0.29) is 0 Å². The van der Waals surface area contributed by atoms with Crippen LogP contribution in [-0.4, -0.2) is 49.4 Å². The zero-order valence-electron chi connectivity index (χ0n) is 11.5. The van der Waals surface area contributed by atoms with Crippen molar-refractivity contribution in [1.29, 1.82) is 0 Å². The molecule has 0 saturated carbocycles. The third-order valence-corrected chi connectivity index (χ3v) is 3.59. The molecule has 0 aliphatic carbocycles. The van der Waals surface area contributed by atoms with E-state index in [9.17, 15) is 4.79 Å². The Morgan fingerprint density at radius 2 is 2.05 bits per heavy atom. The van der Waals surface area contributed by atoms with Gasteiger partial charge in [0.1, 0.15) is 0 Å². The molecule has 1 aromatic heterocycles. The fraction of sp³-hybridized carbons (Fsp3) is 0.357. The van der Waals surface area contributed by atoms with Gasteiger partial charge >= 0.3 is 5.97 Å². The topological polar surface area (TPSA) is 64.5 Å². The van der Waals surface area contributed by atoms with Gasteiger partial charge in [-0.2, -0.15) is 0 Å². The Morgan fingerprint density at radius 1 is 1.29 bits per heavy atom. The van der Waals surface area contributed by atoms with E-state index in [1.165, 1.54) is 7.11 Å². The van der Waals surface area contributed by atoms with Gasteiger partial charge in [-0.15, -0.1) is 0 Å². The molecule has 1 aromatic carbocycles. The molecule has 1 aliphatic heterocycles. The Morgan fingerprint density at radius 3 is 2.76 bits per heavy atom. The fourth-order valence-electron chi connectivity index (χ4n) is 2.24. The zero-order valence-corrected chi connectivity index (χ0v) is 12.3. The van der Waals surface area contributed by atoms with Gasteiger partial charge in [0.05, 0.1) is 36.9 Å². The lowest BCUT2D eigenvalue weighted by molar-refractivity contribution is 0.0601. The van der Waals surface area contributed by atoms with E-state index in [0.29, 0.717) is 40.8 Å². The predicted molar refractivity (Wildman–Crippen MR) is 78.9 cm³/mol. The molecule has 7 heteroatoms. The van der Waals surface area contributed by atoms with Crippen molar-refractivity contribution < 1.29 is 14.3 Å². The van der Waals surface area contributed by atoms with Gasteiger partial charge in [-0.1, -0.05) is 11.6 Å². The summed E-state index contributed by atoms with van der Waals surface area (Å²) in [5.74, 6) is 0.241. The SMILES string of the molecule is COC(=O)c1ccc2nc(N3CCOCC3)c(Cl)nc2c1. The summed E-state index contributed by atoms with van der Waals surface area (Å²) in [7, 11) is 1.34. The molecule has 110 valence electrons. The minimum absolute atomic E-state index is 0.325. The van der Waals surface area contributed by atoms with E-state index in [2.05, 4.69) is 9.97 Å². The molecule has 0 bridgehead atoms.